The molecule has 1 N–H and O–H groups in total. The average Bonchev–Trinajstić information content (AvgIpc) is 3.34. The van der Waals surface area contributed by atoms with Crippen LogP contribution in [0.15, 0.2) is 18.3 Å². The number of halogens is 2. The van der Waals surface area contributed by atoms with Crippen LogP contribution in [-0.2, 0) is 10.5 Å². The van der Waals surface area contributed by atoms with Crippen LogP contribution in [0.2, 0.25) is 5.28 Å². The molecule has 0 atom stereocenters. The number of alkyl halides is 1. The molecule has 9 heteroatoms. The fourth-order valence-electron chi connectivity index (χ4n) is 2.93. The summed E-state index contributed by atoms with van der Waals surface area (Å²) in [5.74, 6) is 0.927. The Morgan fingerprint density at radius 3 is 2.70 bits per heavy atom. The van der Waals surface area contributed by atoms with Crippen LogP contribution in [0.25, 0.3) is 16.7 Å². The zero-order chi connectivity index (χ0) is 19.3. The highest BCUT2D eigenvalue weighted by atomic mass is 35.5. The first kappa shape index (κ1) is 17.8. The lowest BCUT2D eigenvalue weighted by Gasteiger charge is -2.14. The largest absolute Gasteiger partial charge is 0.311 e. The molecule has 0 aliphatic heterocycles. The fraction of sp³-hybridized carbons (Fsp3) is 0.389. The maximum Gasteiger partial charge on any atom is 0.224 e. The van der Waals surface area contributed by atoms with E-state index in [-0.39, 0.29) is 16.9 Å². The topological polar surface area (TPSA) is 85.6 Å². The molecular formula is C18H18ClFN6O. The van der Waals surface area contributed by atoms with Gasteiger partial charge in [-0.25, -0.2) is 19.0 Å². The first-order chi connectivity index (χ1) is 12.7. The van der Waals surface area contributed by atoms with Crippen molar-refractivity contribution in [2.24, 2.45) is 0 Å². The molecule has 0 aromatic carbocycles. The van der Waals surface area contributed by atoms with Gasteiger partial charge in [0.05, 0.1) is 16.9 Å². The van der Waals surface area contributed by atoms with Gasteiger partial charge in [-0.3, -0.25) is 4.79 Å². The quantitative estimate of drug-likeness (QED) is 0.685. The predicted molar refractivity (Wildman–Crippen MR) is 99.9 cm³/mol. The van der Waals surface area contributed by atoms with E-state index in [1.165, 1.54) is 26.8 Å². The Morgan fingerprint density at radius 2 is 2.07 bits per heavy atom. The zero-order valence-electron chi connectivity index (χ0n) is 15.1. The van der Waals surface area contributed by atoms with Gasteiger partial charge >= 0.3 is 0 Å². The highest BCUT2D eigenvalue weighted by Crippen LogP contribution is 2.43. The zero-order valence-corrected chi connectivity index (χ0v) is 15.9. The van der Waals surface area contributed by atoms with Crippen molar-refractivity contribution in [3.05, 3.63) is 35.0 Å². The van der Waals surface area contributed by atoms with Crippen LogP contribution in [0.5, 0.6) is 0 Å². The van der Waals surface area contributed by atoms with Crippen molar-refractivity contribution < 1.29 is 9.18 Å². The smallest absolute Gasteiger partial charge is 0.224 e. The molecule has 1 saturated carbocycles. The molecule has 1 aliphatic rings. The minimum atomic E-state index is -1.67. The second kappa shape index (κ2) is 6.23. The van der Waals surface area contributed by atoms with E-state index in [4.69, 9.17) is 16.7 Å². The number of rotatable bonds is 4. The number of nitrogens with one attached hydrogen (secondary N) is 1. The molecule has 0 saturated heterocycles. The molecule has 1 fully saturated rings. The van der Waals surface area contributed by atoms with Crippen LogP contribution >= 0.6 is 11.6 Å². The van der Waals surface area contributed by atoms with Gasteiger partial charge in [0.15, 0.2) is 5.82 Å². The molecule has 3 aromatic rings. The summed E-state index contributed by atoms with van der Waals surface area (Å²) in [4.78, 5) is 23.9. The molecule has 3 heterocycles. The minimum absolute atomic E-state index is 0.0546. The Hall–Kier alpha value is -2.61. The second-order valence-electron chi connectivity index (χ2n) is 7.19. The summed E-state index contributed by atoms with van der Waals surface area (Å²) in [5.41, 5.74) is 0.132. The number of carbonyl (C=O) groups is 1. The summed E-state index contributed by atoms with van der Waals surface area (Å²) >= 11 is 6.04. The Labute approximate surface area is 160 Å². The molecule has 0 bridgehead atoms. The summed E-state index contributed by atoms with van der Waals surface area (Å²) in [5, 5.41) is 8.19. The predicted octanol–water partition coefficient (Wildman–Crippen LogP) is 3.90. The summed E-state index contributed by atoms with van der Waals surface area (Å²) in [6.07, 6.45) is 3.82. The maximum atomic E-state index is 14.4. The van der Waals surface area contributed by atoms with Crippen molar-refractivity contribution in [3.63, 3.8) is 0 Å². The van der Waals surface area contributed by atoms with Crippen molar-refractivity contribution in [1.29, 1.82) is 0 Å². The van der Waals surface area contributed by atoms with Crippen LogP contribution < -0.4 is 5.32 Å². The van der Waals surface area contributed by atoms with Gasteiger partial charge in [-0.1, -0.05) is 0 Å². The van der Waals surface area contributed by atoms with Gasteiger partial charge in [0, 0.05) is 36.6 Å². The van der Waals surface area contributed by atoms with E-state index in [1.54, 1.807) is 16.9 Å². The van der Waals surface area contributed by atoms with Gasteiger partial charge in [0.1, 0.15) is 11.5 Å². The fourth-order valence-corrected chi connectivity index (χ4v) is 3.11. The first-order valence-corrected chi connectivity index (χ1v) is 9.01. The van der Waals surface area contributed by atoms with Gasteiger partial charge in [-0.15, -0.1) is 0 Å². The molecule has 1 aliphatic carbocycles. The van der Waals surface area contributed by atoms with Crippen molar-refractivity contribution in [2.75, 3.05) is 5.32 Å². The summed E-state index contributed by atoms with van der Waals surface area (Å²) < 4.78 is 16.0. The Kier molecular flexibility index (Phi) is 4.10. The SMILES string of the molecule is CC(=O)Nc1cc2c(cn1)c(C1CC1)nn2-c1cc(C(C)(C)F)nc(Cl)n1. The highest BCUT2D eigenvalue weighted by Gasteiger charge is 2.30. The summed E-state index contributed by atoms with van der Waals surface area (Å²) in [6.45, 7) is 4.23. The standard InChI is InChI=1S/C18H18ClFN6O/c1-9(27)22-14-6-12-11(8-21-14)16(10-4-5-10)25-26(12)15-7-13(18(2,3)20)23-17(19)24-15/h6-8,10H,4-5H2,1-3H3,(H,21,22,27). The number of hydrogen-bond acceptors (Lipinski definition) is 5. The lowest BCUT2D eigenvalue weighted by molar-refractivity contribution is -0.114. The summed E-state index contributed by atoms with van der Waals surface area (Å²) in [6, 6.07) is 3.26. The average molecular weight is 389 g/mol. The minimum Gasteiger partial charge on any atom is -0.311 e. The Morgan fingerprint density at radius 1 is 1.33 bits per heavy atom. The van der Waals surface area contributed by atoms with Crippen LogP contribution in [-0.4, -0.2) is 30.6 Å². The van der Waals surface area contributed by atoms with Crippen LogP contribution in [0, 0.1) is 0 Å². The second-order valence-corrected chi connectivity index (χ2v) is 7.53. The van der Waals surface area contributed by atoms with Gasteiger partial charge in [0.25, 0.3) is 0 Å². The molecule has 0 spiro atoms. The molecule has 7 nitrogen and oxygen atoms in total. The number of hydrogen-bond donors (Lipinski definition) is 1. The van der Waals surface area contributed by atoms with Gasteiger partial charge in [0.2, 0.25) is 11.2 Å². The van der Waals surface area contributed by atoms with E-state index in [1.807, 2.05) is 0 Å². The number of amides is 1. The number of pyridine rings is 1. The van der Waals surface area contributed by atoms with Crippen molar-refractivity contribution in [2.45, 2.75) is 45.2 Å². The Balaban J connectivity index is 1.93. The number of anilines is 1. The lowest BCUT2D eigenvalue weighted by Crippen LogP contribution is -2.14. The van der Waals surface area contributed by atoms with Crippen LogP contribution in [0.4, 0.5) is 10.2 Å². The molecule has 0 unspecified atom stereocenters. The first-order valence-electron chi connectivity index (χ1n) is 8.63. The third kappa shape index (κ3) is 3.49. The lowest BCUT2D eigenvalue weighted by atomic mass is 10.1. The van der Waals surface area contributed by atoms with Gasteiger partial charge < -0.3 is 5.32 Å². The van der Waals surface area contributed by atoms with Crippen molar-refractivity contribution in [3.8, 4) is 5.82 Å². The van der Waals surface area contributed by atoms with E-state index in [9.17, 15) is 9.18 Å². The van der Waals surface area contributed by atoms with Crippen molar-refractivity contribution in [1.82, 2.24) is 24.7 Å². The third-order valence-corrected chi connectivity index (χ3v) is 4.54. The van der Waals surface area contributed by atoms with E-state index in [0.717, 1.165) is 23.9 Å². The number of aromatic nitrogens is 5. The van der Waals surface area contributed by atoms with E-state index in [2.05, 4.69) is 20.3 Å². The molecule has 3 aromatic heterocycles. The van der Waals surface area contributed by atoms with Gasteiger partial charge in [-0.2, -0.15) is 10.1 Å². The molecule has 4 rings (SSSR count). The molecule has 27 heavy (non-hydrogen) atoms. The van der Waals surface area contributed by atoms with Crippen LogP contribution in [0.1, 0.15) is 50.9 Å². The normalized spacial score (nSPS) is 14.6. The summed E-state index contributed by atoms with van der Waals surface area (Å²) in [7, 11) is 0. The van der Waals surface area contributed by atoms with Crippen molar-refractivity contribution >= 4 is 34.2 Å². The maximum absolute atomic E-state index is 14.4. The Bertz CT molecular complexity index is 1050. The van der Waals surface area contributed by atoms with E-state index < -0.39 is 5.67 Å². The number of carbonyl (C=O) groups excluding carboxylic acids is 1. The number of nitrogens with zero attached hydrogens (tertiary/aromatic N) is 5. The number of fused-ring (bicyclic) bond motifs is 1. The molecule has 1 amide bonds. The van der Waals surface area contributed by atoms with E-state index >= 15 is 0 Å². The monoisotopic (exact) mass is 388 g/mol. The van der Waals surface area contributed by atoms with E-state index in [0.29, 0.717) is 23.1 Å². The van der Waals surface area contributed by atoms with Crippen LogP contribution in [0.3, 0.4) is 0 Å². The van der Waals surface area contributed by atoms with Gasteiger partial charge in [-0.05, 0) is 38.3 Å². The molecule has 0 radical (unpaired) electrons. The highest BCUT2D eigenvalue weighted by molar-refractivity contribution is 6.28. The third-order valence-electron chi connectivity index (χ3n) is 4.37. The molecular weight excluding hydrogens is 371 g/mol. The molecule has 140 valence electrons.